The molecule has 0 amide bonds. The second kappa shape index (κ2) is 7.80. The molecule has 2 aromatic carbocycles. The second-order valence-electron chi connectivity index (χ2n) is 8.11. The van der Waals surface area contributed by atoms with Gasteiger partial charge in [-0.3, -0.25) is 4.99 Å². The summed E-state index contributed by atoms with van der Waals surface area (Å²) in [6.45, 7) is 6.17. The lowest BCUT2D eigenvalue weighted by Crippen LogP contribution is -2.35. The molecule has 2 aromatic rings. The SMILES string of the molecule is COC1=CC2=C(C(C)=N[C@@H](C)C2)[C@H](OC)[C@H]1c1c(C)cc2cccc(OC)c2c1O. The van der Waals surface area contributed by atoms with Crippen LogP contribution in [0.5, 0.6) is 11.5 Å². The molecule has 4 rings (SSSR count). The number of aliphatic imine (C=N–C) groups is 1. The number of rotatable bonds is 4. The van der Waals surface area contributed by atoms with Crippen molar-refractivity contribution in [3.63, 3.8) is 0 Å². The zero-order valence-corrected chi connectivity index (χ0v) is 18.4. The van der Waals surface area contributed by atoms with Crippen molar-refractivity contribution in [1.29, 1.82) is 0 Å². The summed E-state index contributed by atoms with van der Waals surface area (Å²) >= 11 is 0. The number of dihydropyridines is 1. The summed E-state index contributed by atoms with van der Waals surface area (Å²) in [6, 6.07) is 8.09. The summed E-state index contributed by atoms with van der Waals surface area (Å²) in [4.78, 5) is 4.79. The van der Waals surface area contributed by atoms with E-state index in [1.807, 2.05) is 32.0 Å². The minimum atomic E-state index is -0.298. The van der Waals surface area contributed by atoms with Crippen molar-refractivity contribution >= 4 is 16.5 Å². The maximum absolute atomic E-state index is 11.5. The predicted molar refractivity (Wildman–Crippen MR) is 120 cm³/mol. The number of aryl methyl sites for hydroxylation is 1. The van der Waals surface area contributed by atoms with Crippen LogP contribution in [0.3, 0.4) is 0 Å². The largest absolute Gasteiger partial charge is 0.507 e. The lowest BCUT2D eigenvalue weighted by atomic mass is 9.75. The molecule has 0 unspecified atom stereocenters. The minimum absolute atomic E-state index is 0.209. The minimum Gasteiger partial charge on any atom is -0.507 e. The van der Waals surface area contributed by atoms with Gasteiger partial charge in [-0.15, -0.1) is 0 Å². The van der Waals surface area contributed by atoms with E-state index in [0.29, 0.717) is 11.1 Å². The molecule has 2 aliphatic rings. The van der Waals surface area contributed by atoms with Gasteiger partial charge in [-0.25, -0.2) is 0 Å². The molecule has 0 saturated carbocycles. The summed E-state index contributed by atoms with van der Waals surface area (Å²) in [6.07, 6.45) is 2.66. The first-order chi connectivity index (χ1) is 14.4. The highest BCUT2D eigenvalue weighted by atomic mass is 16.5. The number of nitrogens with zero attached hydrogens (tertiary/aromatic N) is 1. The Morgan fingerprint density at radius 3 is 2.53 bits per heavy atom. The summed E-state index contributed by atoms with van der Waals surface area (Å²) in [5.41, 5.74) is 5.06. The molecule has 1 N–H and O–H groups in total. The molecule has 1 aliphatic carbocycles. The fraction of sp³-hybridized carbons (Fsp3) is 0.400. The standard InChI is InChI=1S/C25H29NO4/c1-13-10-16-8-7-9-18(28-4)22(16)24(27)20(13)23-19(29-5)12-17-11-14(2)26-15(3)21(17)25(23)30-6/h7-10,12,14,23,25,27H,11H2,1-6H3/t14-,23+,25-/m0/s1. The third-order valence-electron chi connectivity index (χ3n) is 6.24. The predicted octanol–water partition coefficient (Wildman–Crippen LogP) is 5.05. The van der Waals surface area contributed by atoms with Gasteiger partial charge in [-0.05, 0) is 55.9 Å². The maximum atomic E-state index is 11.5. The summed E-state index contributed by atoms with van der Waals surface area (Å²) in [5.74, 6) is 1.35. The van der Waals surface area contributed by atoms with Gasteiger partial charge < -0.3 is 19.3 Å². The Labute approximate surface area is 177 Å². The number of hydrogen-bond donors (Lipinski definition) is 1. The highest BCUT2D eigenvalue weighted by molar-refractivity contribution is 6.02. The number of phenolic OH excluding ortho intramolecular Hbond substituents is 1. The van der Waals surface area contributed by atoms with Crippen molar-refractivity contribution < 1.29 is 19.3 Å². The van der Waals surface area contributed by atoms with Gasteiger partial charge in [0, 0.05) is 24.0 Å². The van der Waals surface area contributed by atoms with E-state index < -0.39 is 0 Å². The molecule has 0 bridgehead atoms. The first-order valence-electron chi connectivity index (χ1n) is 10.3. The van der Waals surface area contributed by atoms with Crippen LogP contribution >= 0.6 is 0 Å². The van der Waals surface area contributed by atoms with Crippen LogP contribution in [-0.4, -0.2) is 44.3 Å². The first kappa shape index (κ1) is 20.5. The molecule has 5 nitrogen and oxygen atoms in total. The van der Waals surface area contributed by atoms with Crippen molar-refractivity contribution in [1.82, 2.24) is 0 Å². The molecule has 1 aliphatic heterocycles. The van der Waals surface area contributed by atoms with E-state index in [2.05, 4.69) is 19.1 Å². The average Bonchev–Trinajstić information content (AvgIpc) is 2.72. The van der Waals surface area contributed by atoms with Gasteiger partial charge in [0.1, 0.15) is 17.3 Å². The number of methoxy groups -OCH3 is 3. The molecule has 0 radical (unpaired) electrons. The third-order valence-corrected chi connectivity index (χ3v) is 6.24. The summed E-state index contributed by atoms with van der Waals surface area (Å²) in [5, 5.41) is 13.1. The molecule has 158 valence electrons. The van der Waals surface area contributed by atoms with Crippen LogP contribution in [0.2, 0.25) is 0 Å². The number of fused-ring (bicyclic) bond motifs is 1. The van der Waals surface area contributed by atoms with E-state index in [0.717, 1.165) is 40.0 Å². The van der Waals surface area contributed by atoms with Gasteiger partial charge in [0.15, 0.2) is 0 Å². The Kier molecular flexibility index (Phi) is 5.33. The van der Waals surface area contributed by atoms with E-state index in [4.69, 9.17) is 19.2 Å². The Hall–Kier alpha value is -2.79. The van der Waals surface area contributed by atoms with E-state index in [-0.39, 0.29) is 23.8 Å². The fourth-order valence-corrected chi connectivity index (χ4v) is 5.06. The van der Waals surface area contributed by atoms with Crippen LogP contribution in [0.25, 0.3) is 10.8 Å². The zero-order chi connectivity index (χ0) is 21.6. The Morgan fingerprint density at radius 2 is 1.87 bits per heavy atom. The maximum Gasteiger partial charge on any atom is 0.131 e. The number of benzene rings is 2. The Morgan fingerprint density at radius 1 is 1.10 bits per heavy atom. The Bertz CT molecular complexity index is 1100. The number of aromatic hydroxyl groups is 1. The fourth-order valence-electron chi connectivity index (χ4n) is 5.06. The molecular formula is C25H29NO4. The molecule has 1 heterocycles. The molecule has 30 heavy (non-hydrogen) atoms. The zero-order valence-electron chi connectivity index (χ0n) is 18.4. The van der Waals surface area contributed by atoms with Gasteiger partial charge in [0.25, 0.3) is 0 Å². The molecular weight excluding hydrogens is 378 g/mol. The topological polar surface area (TPSA) is 60.3 Å². The van der Waals surface area contributed by atoms with Crippen molar-refractivity contribution in [3.8, 4) is 11.5 Å². The molecule has 5 heteroatoms. The lowest BCUT2D eigenvalue weighted by molar-refractivity contribution is 0.0955. The molecule has 0 fully saturated rings. The van der Waals surface area contributed by atoms with Crippen LogP contribution in [0.4, 0.5) is 0 Å². The van der Waals surface area contributed by atoms with Crippen molar-refractivity contribution in [2.45, 2.75) is 45.3 Å². The number of ether oxygens (including phenoxy) is 3. The second-order valence-corrected chi connectivity index (χ2v) is 8.11. The highest BCUT2D eigenvalue weighted by Crippen LogP contribution is 2.49. The van der Waals surface area contributed by atoms with Crippen LogP contribution in [0.15, 0.2) is 52.2 Å². The summed E-state index contributed by atoms with van der Waals surface area (Å²) < 4.78 is 17.4. The monoisotopic (exact) mass is 407 g/mol. The van der Waals surface area contributed by atoms with Crippen LogP contribution in [-0.2, 0) is 9.47 Å². The van der Waals surface area contributed by atoms with Gasteiger partial charge in [0.05, 0.1) is 37.7 Å². The smallest absolute Gasteiger partial charge is 0.131 e. The van der Waals surface area contributed by atoms with E-state index >= 15 is 0 Å². The lowest BCUT2D eigenvalue weighted by Gasteiger charge is -2.38. The van der Waals surface area contributed by atoms with Gasteiger partial charge in [-0.2, -0.15) is 0 Å². The van der Waals surface area contributed by atoms with Gasteiger partial charge in [0.2, 0.25) is 0 Å². The van der Waals surface area contributed by atoms with E-state index in [9.17, 15) is 5.11 Å². The average molecular weight is 408 g/mol. The molecule has 3 atom stereocenters. The van der Waals surface area contributed by atoms with E-state index in [1.165, 1.54) is 5.57 Å². The van der Waals surface area contributed by atoms with Crippen molar-refractivity contribution in [2.24, 2.45) is 4.99 Å². The van der Waals surface area contributed by atoms with Crippen LogP contribution in [0, 0.1) is 6.92 Å². The van der Waals surface area contributed by atoms with Crippen molar-refractivity contribution in [2.75, 3.05) is 21.3 Å². The molecule has 0 saturated heterocycles. The van der Waals surface area contributed by atoms with Crippen LogP contribution < -0.4 is 4.74 Å². The number of phenols is 1. The number of allylic oxidation sites excluding steroid dienone is 1. The van der Waals surface area contributed by atoms with Gasteiger partial charge in [-0.1, -0.05) is 18.2 Å². The summed E-state index contributed by atoms with van der Waals surface area (Å²) in [7, 11) is 5.01. The highest BCUT2D eigenvalue weighted by Gasteiger charge is 2.40. The molecule has 0 spiro atoms. The third kappa shape index (κ3) is 3.08. The first-order valence-corrected chi connectivity index (χ1v) is 10.3. The van der Waals surface area contributed by atoms with E-state index in [1.54, 1.807) is 21.3 Å². The Balaban J connectivity index is 1.97. The molecule has 0 aromatic heterocycles. The van der Waals surface area contributed by atoms with Crippen molar-refractivity contribution in [3.05, 3.63) is 58.4 Å². The number of hydrogen-bond acceptors (Lipinski definition) is 5. The van der Waals surface area contributed by atoms with Crippen LogP contribution in [0.1, 0.15) is 37.3 Å². The van der Waals surface area contributed by atoms with Gasteiger partial charge >= 0.3 is 0 Å². The quantitative estimate of drug-likeness (QED) is 0.770. The normalized spacial score (nSPS) is 23.7.